The van der Waals surface area contributed by atoms with Crippen LogP contribution in [0.4, 0.5) is 4.79 Å². The van der Waals surface area contributed by atoms with Gasteiger partial charge in [-0.3, -0.25) is 5.10 Å². The van der Waals surface area contributed by atoms with Crippen molar-refractivity contribution in [3.8, 4) is 11.5 Å². The fourth-order valence-corrected chi connectivity index (χ4v) is 2.13. The van der Waals surface area contributed by atoms with E-state index in [-0.39, 0.29) is 0 Å². The minimum Gasteiger partial charge on any atom is -0.444 e. The van der Waals surface area contributed by atoms with E-state index in [1.807, 2.05) is 33.1 Å². The molecule has 2 aromatic heterocycles. The summed E-state index contributed by atoms with van der Waals surface area (Å²) in [6, 6.07) is 0. The van der Waals surface area contributed by atoms with Crippen molar-refractivity contribution in [1.29, 1.82) is 0 Å². The van der Waals surface area contributed by atoms with Gasteiger partial charge < -0.3 is 10.1 Å². The SMILES string of the molecule is Cc1nc(-c2csc(CNC(=O)OC(C)(C)C)n2)n[nH]1. The number of aryl methyl sites for hydroxylation is 1. The van der Waals surface area contributed by atoms with Crippen LogP contribution in [0.15, 0.2) is 5.38 Å². The lowest BCUT2D eigenvalue weighted by Crippen LogP contribution is -2.32. The number of aromatic nitrogens is 4. The second-order valence-corrected chi connectivity index (χ2v) is 6.17. The van der Waals surface area contributed by atoms with E-state index < -0.39 is 11.7 Å². The number of ether oxygens (including phenoxy) is 1. The maximum absolute atomic E-state index is 11.5. The van der Waals surface area contributed by atoms with E-state index in [1.165, 1.54) is 11.3 Å². The maximum atomic E-state index is 11.5. The van der Waals surface area contributed by atoms with E-state index in [0.29, 0.717) is 18.1 Å². The molecule has 0 bridgehead atoms. The number of hydrogen-bond acceptors (Lipinski definition) is 6. The highest BCUT2D eigenvalue weighted by molar-refractivity contribution is 7.09. The lowest BCUT2D eigenvalue weighted by atomic mass is 10.2. The van der Waals surface area contributed by atoms with Crippen LogP contribution in [0.25, 0.3) is 11.5 Å². The maximum Gasteiger partial charge on any atom is 0.408 e. The molecule has 0 fully saturated rings. The van der Waals surface area contributed by atoms with Gasteiger partial charge in [-0.1, -0.05) is 0 Å². The number of rotatable bonds is 3. The number of amides is 1. The molecule has 108 valence electrons. The number of thiazole rings is 1. The fraction of sp³-hybridized carbons (Fsp3) is 0.500. The monoisotopic (exact) mass is 295 g/mol. The zero-order valence-corrected chi connectivity index (χ0v) is 12.7. The molecule has 1 amide bonds. The van der Waals surface area contributed by atoms with Gasteiger partial charge >= 0.3 is 6.09 Å². The number of carbonyl (C=O) groups excluding carboxylic acids is 1. The third-order valence-electron chi connectivity index (χ3n) is 2.16. The van der Waals surface area contributed by atoms with Crippen LogP contribution >= 0.6 is 11.3 Å². The van der Waals surface area contributed by atoms with Crippen LogP contribution in [0.3, 0.4) is 0 Å². The van der Waals surface area contributed by atoms with Gasteiger partial charge in [-0.05, 0) is 27.7 Å². The minimum atomic E-state index is -0.505. The van der Waals surface area contributed by atoms with E-state index in [2.05, 4.69) is 25.5 Å². The Morgan fingerprint density at radius 1 is 1.45 bits per heavy atom. The first-order valence-electron chi connectivity index (χ1n) is 6.14. The predicted molar refractivity (Wildman–Crippen MR) is 75.3 cm³/mol. The summed E-state index contributed by atoms with van der Waals surface area (Å²) in [5.41, 5.74) is 0.189. The quantitative estimate of drug-likeness (QED) is 0.906. The number of hydrogen-bond donors (Lipinski definition) is 2. The molecule has 0 aromatic carbocycles. The number of nitrogens with zero attached hydrogens (tertiary/aromatic N) is 3. The molecule has 0 atom stereocenters. The number of carbonyl (C=O) groups is 1. The molecule has 20 heavy (non-hydrogen) atoms. The van der Waals surface area contributed by atoms with Crippen molar-refractivity contribution in [1.82, 2.24) is 25.5 Å². The summed E-state index contributed by atoms with van der Waals surface area (Å²) in [4.78, 5) is 20.1. The molecule has 0 radical (unpaired) electrons. The summed E-state index contributed by atoms with van der Waals surface area (Å²) in [5.74, 6) is 1.30. The highest BCUT2D eigenvalue weighted by Crippen LogP contribution is 2.18. The molecule has 0 unspecified atom stereocenters. The average molecular weight is 295 g/mol. The summed E-state index contributed by atoms with van der Waals surface area (Å²) in [6.07, 6.45) is -0.456. The third kappa shape index (κ3) is 4.02. The van der Waals surface area contributed by atoms with Crippen LogP contribution in [0, 0.1) is 6.92 Å². The molecule has 0 aliphatic carbocycles. The first kappa shape index (κ1) is 14.4. The molecule has 0 saturated heterocycles. The Bertz CT molecular complexity index is 599. The summed E-state index contributed by atoms with van der Waals surface area (Å²) >= 11 is 1.44. The molecule has 8 heteroatoms. The molecule has 2 rings (SSSR count). The van der Waals surface area contributed by atoms with Gasteiger partial charge in [0.05, 0.1) is 6.54 Å². The summed E-state index contributed by atoms with van der Waals surface area (Å²) in [5, 5.41) is 12.1. The van der Waals surface area contributed by atoms with Gasteiger partial charge in [0.15, 0.2) is 0 Å². The van der Waals surface area contributed by atoms with Crippen molar-refractivity contribution in [2.45, 2.75) is 39.8 Å². The van der Waals surface area contributed by atoms with E-state index >= 15 is 0 Å². The van der Waals surface area contributed by atoms with Crippen LogP contribution < -0.4 is 5.32 Å². The highest BCUT2D eigenvalue weighted by atomic mass is 32.1. The molecular formula is C12H17N5O2S. The van der Waals surface area contributed by atoms with Crippen molar-refractivity contribution < 1.29 is 9.53 Å². The van der Waals surface area contributed by atoms with Crippen LogP contribution in [-0.4, -0.2) is 31.9 Å². The van der Waals surface area contributed by atoms with Crippen molar-refractivity contribution in [2.75, 3.05) is 0 Å². The zero-order chi connectivity index (χ0) is 14.8. The average Bonchev–Trinajstić information content (AvgIpc) is 2.92. The summed E-state index contributed by atoms with van der Waals surface area (Å²) in [7, 11) is 0. The first-order valence-corrected chi connectivity index (χ1v) is 7.02. The molecule has 7 nitrogen and oxygen atoms in total. The smallest absolute Gasteiger partial charge is 0.408 e. The van der Waals surface area contributed by atoms with Gasteiger partial charge in [-0.25, -0.2) is 14.8 Å². The van der Waals surface area contributed by atoms with Gasteiger partial charge in [0.1, 0.15) is 22.1 Å². The van der Waals surface area contributed by atoms with E-state index in [9.17, 15) is 4.79 Å². The fourth-order valence-electron chi connectivity index (χ4n) is 1.41. The molecule has 2 aromatic rings. The van der Waals surface area contributed by atoms with Crippen LogP contribution in [-0.2, 0) is 11.3 Å². The third-order valence-corrected chi connectivity index (χ3v) is 3.01. The number of alkyl carbamates (subject to hydrolysis) is 1. The second kappa shape index (κ2) is 5.58. The van der Waals surface area contributed by atoms with Crippen molar-refractivity contribution in [3.63, 3.8) is 0 Å². The highest BCUT2D eigenvalue weighted by Gasteiger charge is 2.16. The van der Waals surface area contributed by atoms with Crippen molar-refractivity contribution >= 4 is 17.4 Å². The topological polar surface area (TPSA) is 92.8 Å². The van der Waals surface area contributed by atoms with Gasteiger partial charge in [-0.2, -0.15) is 5.10 Å². The summed E-state index contributed by atoms with van der Waals surface area (Å²) < 4.78 is 5.15. The molecule has 0 saturated carbocycles. The van der Waals surface area contributed by atoms with Gasteiger partial charge in [0.25, 0.3) is 0 Å². The molecule has 0 aliphatic rings. The number of H-pyrrole nitrogens is 1. The Hall–Kier alpha value is -1.96. The van der Waals surface area contributed by atoms with E-state index in [4.69, 9.17) is 4.74 Å². The lowest BCUT2D eigenvalue weighted by molar-refractivity contribution is 0.0523. The molecule has 2 N–H and O–H groups in total. The second-order valence-electron chi connectivity index (χ2n) is 5.23. The number of aromatic amines is 1. The number of nitrogens with one attached hydrogen (secondary N) is 2. The van der Waals surface area contributed by atoms with Gasteiger partial charge in [0, 0.05) is 5.38 Å². The standard InChI is InChI=1S/C12H17N5O2S/c1-7-14-10(17-16-7)8-6-20-9(15-8)5-13-11(18)19-12(2,3)4/h6H,5H2,1-4H3,(H,13,18)(H,14,16,17). The Morgan fingerprint density at radius 2 is 2.20 bits per heavy atom. The molecular weight excluding hydrogens is 278 g/mol. The Kier molecular flexibility index (Phi) is 4.03. The van der Waals surface area contributed by atoms with Gasteiger partial charge in [0.2, 0.25) is 5.82 Å². The van der Waals surface area contributed by atoms with Crippen molar-refractivity contribution in [3.05, 3.63) is 16.2 Å². The zero-order valence-electron chi connectivity index (χ0n) is 11.9. The molecule has 0 aliphatic heterocycles. The van der Waals surface area contributed by atoms with Crippen LogP contribution in [0.2, 0.25) is 0 Å². The first-order chi connectivity index (χ1) is 9.33. The lowest BCUT2D eigenvalue weighted by Gasteiger charge is -2.19. The molecule has 2 heterocycles. The Balaban J connectivity index is 1.92. The van der Waals surface area contributed by atoms with Crippen LogP contribution in [0.1, 0.15) is 31.6 Å². The van der Waals surface area contributed by atoms with Crippen molar-refractivity contribution in [2.24, 2.45) is 0 Å². The largest absolute Gasteiger partial charge is 0.444 e. The Labute approximate surface area is 120 Å². The summed E-state index contributed by atoms with van der Waals surface area (Å²) in [6.45, 7) is 7.61. The minimum absolute atomic E-state index is 0.322. The predicted octanol–water partition coefficient (Wildman–Crippen LogP) is 2.26. The van der Waals surface area contributed by atoms with E-state index in [1.54, 1.807) is 0 Å². The van der Waals surface area contributed by atoms with E-state index in [0.717, 1.165) is 10.8 Å². The van der Waals surface area contributed by atoms with Gasteiger partial charge in [-0.15, -0.1) is 11.3 Å². The van der Waals surface area contributed by atoms with Crippen LogP contribution in [0.5, 0.6) is 0 Å². The normalized spacial score (nSPS) is 11.4. The Morgan fingerprint density at radius 3 is 2.80 bits per heavy atom. The molecule has 0 spiro atoms.